The third-order valence-electron chi connectivity index (χ3n) is 10.3. The van der Waals surface area contributed by atoms with Crippen LogP contribution in [0.2, 0.25) is 10.0 Å². The predicted octanol–water partition coefficient (Wildman–Crippen LogP) is 6.95. The van der Waals surface area contributed by atoms with Crippen molar-refractivity contribution in [3.8, 4) is 22.6 Å². The van der Waals surface area contributed by atoms with Crippen molar-refractivity contribution in [1.82, 2.24) is 19.8 Å². The van der Waals surface area contributed by atoms with Crippen molar-refractivity contribution in [2.24, 2.45) is 7.05 Å². The minimum atomic E-state index is -1.08. The molecule has 0 bridgehead atoms. The molecule has 4 aromatic rings. The Morgan fingerprint density at radius 3 is 2.56 bits per heavy atom. The van der Waals surface area contributed by atoms with Crippen LogP contribution in [0.5, 0.6) is 11.5 Å². The summed E-state index contributed by atoms with van der Waals surface area (Å²) in [5.41, 5.74) is 5.15. The highest BCUT2D eigenvalue weighted by Gasteiger charge is 2.44. The van der Waals surface area contributed by atoms with Gasteiger partial charge in [-0.15, -0.1) is 0 Å². The summed E-state index contributed by atoms with van der Waals surface area (Å²) < 4.78 is 29.4. The molecule has 0 radical (unpaired) electrons. The lowest BCUT2D eigenvalue weighted by Crippen LogP contribution is -2.56. The second-order valence-electron chi connectivity index (χ2n) is 13.3. The number of benzene rings is 3. The SMILES string of the molecule is COc1cc(OC2CCc3c(-c4cccc(NC(=O)c5nc6c(n5C)CCN(C)C6)c4Cl)cccc32)c(Cl)c(F)c1CNC1(C(=O)O)CCC1. The Morgan fingerprint density at radius 1 is 1.08 bits per heavy atom. The molecular formula is C37H38Cl2FN5O5. The van der Waals surface area contributed by atoms with Crippen molar-refractivity contribution in [3.63, 3.8) is 0 Å². The first-order chi connectivity index (χ1) is 24.0. The number of fused-ring (bicyclic) bond motifs is 2. The summed E-state index contributed by atoms with van der Waals surface area (Å²) in [5.74, 6) is -1.32. The number of anilines is 1. The summed E-state index contributed by atoms with van der Waals surface area (Å²) in [6.07, 6.45) is 3.43. The van der Waals surface area contributed by atoms with Crippen LogP contribution in [0.4, 0.5) is 10.1 Å². The first kappa shape index (κ1) is 34.3. The highest BCUT2D eigenvalue weighted by Crippen LogP contribution is 2.46. The average Bonchev–Trinajstić information content (AvgIpc) is 3.64. The van der Waals surface area contributed by atoms with Gasteiger partial charge in [-0.3, -0.25) is 14.9 Å². The molecule has 3 aromatic carbocycles. The molecule has 1 saturated carbocycles. The first-order valence-corrected chi connectivity index (χ1v) is 17.4. The van der Waals surface area contributed by atoms with Gasteiger partial charge in [0.15, 0.2) is 11.6 Å². The van der Waals surface area contributed by atoms with E-state index in [0.29, 0.717) is 48.8 Å². The molecule has 1 unspecified atom stereocenters. The fourth-order valence-electron chi connectivity index (χ4n) is 7.33. The van der Waals surface area contributed by atoms with Crippen molar-refractivity contribution in [1.29, 1.82) is 0 Å². The van der Waals surface area contributed by atoms with E-state index in [4.69, 9.17) is 32.7 Å². The number of methoxy groups -OCH3 is 1. The zero-order valence-corrected chi connectivity index (χ0v) is 29.6. The highest BCUT2D eigenvalue weighted by molar-refractivity contribution is 6.36. The van der Waals surface area contributed by atoms with Gasteiger partial charge in [0.05, 0.1) is 23.5 Å². The van der Waals surface area contributed by atoms with E-state index in [1.807, 2.05) is 49.0 Å². The van der Waals surface area contributed by atoms with Crippen LogP contribution in [0.25, 0.3) is 11.1 Å². The fraction of sp³-hybridized carbons (Fsp3) is 0.378. The molecule has 1 amide bonds. The number of carboxylic acid groups (broad SMARTS) is 1. The van der Waals surface area contributed by atoms with Crippen LogP contribution in [0, 0.1) is 5.82 Å². The number of amides is 1. The summed E-state index contributed by atoms with van der Waals surface area (Å²) in [6, 6.07) is 13.0. The lowest BCUT2D eigenvalue weighted by atomic mass is 9.76. The van der Waals surface area contributed by atoms with Gasteiger partial charge < -0.3 is 29.4 Å². The van der Waals surface area contributed by atoms with Gasteiger partial charge in [-0.2, -0.15) is 0 Å². The Balaban J connectivity index is 1.12. The maximum atomic E-state index is 15.7. The van der Waals surface area contributed by atoms with Crippen LogP contribution in [-0.4, -0.2) is 57.7 Å². The number of aromatic nitrogens is 2. The van der Waals surface area contributed by atoms with E-state index in [9.17, 15) is 14.7 Å². The van der Waals surface area contributed by atoms with Crippen LogP contribution in [-0.2, 0) is 37.8 Å². The first-order valence-electron chi connectivity index (χ1n) is 16.7. The van der Waals surface area contributed by atoms with Gasteiger partial charge in [0.2, 0.25) is 0 Å². The summed E-state index contributed by atoms with van der Waals surface area (Å²) >= 11 is 13.5. The fourth-order valence-corrected chi connectivity index (χ4v) is 7.81. The summed E-state index contributed by atoms with van der Waals surface area (Å²) in [5, 5.41) is 15.9. The molecular weight excluding hydrogens is 684 g/mol. The van der Waals surface area contributed by atoms with Gasteiger partial charge in [0, 0.05) is 56.0 Å². The van der Waals surface area contributed by atoms with E-state index in [1.165, 1.54) is 7.11 Å². The maximum Gasteiger partial charge on any atom is 0.323 e. The van der Waals surface area contributed by atoms with Crippen LogP contribution >= 0.6 is 23.2 Å². The van der Waals surface area contributed by atoms with Gasteiger partial charge in [0.25, 0.3) is 5.91 Å². The van der Waals surface area contributed by atoms with E-state index in [0.717, 1.165) is 53.0 Å². The summed E-state index contributed by atoms with van der Waals surface area (Å²) in [6.45, 7) is 1.55. The van der Waals surface area contributed by atoms with E-state index in [2.05, 4.69) is 20.5 Å². The highest BCUT2D eigenvalue weighted by atomic mass is 35.5. The number of halogens is 3. The molecule has 10 nitrogen and oxygen atoms in total. The zero-order chi connectivity index (χ0) is 35.3. The number of imidazole rings is 1. The number of carbonyl (C=O) groups is 2. The van der Waals surface area contributed by atoms with Gasteiger partial charge in [-0.05, 0) is 61.9 Å². The van der Waals surface area contributed by atoms with E-state index in [1.54, 1.807) is 12.1 Å². The van der Waals surface area contributed by atoms with Crippen molar-refractivity contribution in [2.45, 2.75) is 63.3 Å². The molecule has 1 aliphatic heterocycles. The second-order valence-corrected chi connectivity index (χ2v) is 14.0. The molecule has 0 saturated heterocycles. The van der Waals surface area contributed by atoms with E-state index in [-0.39, 0.29) is 34.5 Å². The number of nitrogens with zero attached hydrogens (tertiary/aromatic N) is 3. The second kappa shape index (κ2) is 13.5. The minimum absolute atomic E-state index is 0.0570. The van der Waals surface area contributed by atoms with Gasteiger partial charge >= 0.3 is 5.97 Å². The smallest absolute Gasteiger partial charge is 0.323 e. The van der Waals surface area contributed by atoms with Crippen LogP contribution in [0.3, 0.4) is 0 Å². The lowest BCUT2D eigenvalue weighted by Gasteiger charge is -2.38. The Bertz CT molecular complexity index is 2010. The number of nitrogens with one attached hydrogen (secondary N) is 2. The number of rotatable bonds is 10. The Kier molecular flexibility index (Phi) is 9.27. The monoisotopic (exact) mass is 721 g/mol. The summed E-state index contributed by atoms with van der Waals surface area (Å²) in [7, 11) is 5.33. The van der Waals surface area contributed by atoms with Crippen molar-refractivity contribution < 1.29 is 28.6 Å². The van der Waals surface area contributed by atoms with Gasteiger partial charge in [0.1, 0.15) is 28.2 Å². The quantitative estimate of drug-likeness (QED) is 0.161. The molecule has 0 spiro atoms. The number of aliphatic carboxylic acids is 1. The number of ether oxygens (including phenoxy) is 2. The largest absolute Gasteiger partial charge is 0.496 e. The summed E-state index contributed by atoms with van der Waals surface area (Å²) in [4.78, 5) is 32.1. The molecule has 3 N–H and O–H groups in total. The molecule has 7 rings (SSSR count). The lowest BCUT2D eigenvalue weighted by molar-refractivity contribution is -0.148. The molecule has 50 heavy (non-hydrogen) atoms. The topological polar surface area (TPSA) is 118 Å². The molecule has 262 valence electrons. The van der Waals surface area contributed by atoms with Crippen LogP contribution < -0.4 is 20.1 Å². The Labute approximate surface area is 299 Å². The number of likely N-dealkylation sites (N-methyl/N-ethyl adjacent to an activating group) is 1. The molecule has 1 atom stereocenters. The number of carbonyl (C=O) groups excluding carboxylic acids is 1. The Hall–Kier alpha value is -4.16. The van der Waals surface area contributed by atoms with Crippen molar-refractivity contribution in [3.05, 3.63) is 92.2 Å². The van der Waals surface area contributed by atoms with Crippen molar-refractivity contribution in [2.75, 3.05) is 26.0 Å². The predicted molar refractivity (Wildman–Crippen MR) is 189 cm³/mol. The van der Waals surface area contributed by atoms with E-state index < -0.39 is 23.4 Å². The van der Waals surface area contributed by atoms with Gasteiger partial charge in [-0.25, -0.2) is 9.37 Å². The molecule has 2 heterocycles. The van der Waals surface area contributed by atoms with Crippen LogP contribution in [0.1, 0.15) is 70.5 Å². The number of hydrogen-bond acceptors (Lipinski definition) is 7. The van der Waals surface area contributed by atoms with Gasteiger partial charge in [-0.1, -0.05) is 53.5 Å². The zero-order valence-electron chi connectivity index (χ0n) is 28.0. The van der Waals surface area contributed by atoms with Crippen molar-refractivity contribution >= 4 is 40.8 Å². The standard InChI is InChI=1S/C37H38Cl2FN5O5/c1-44-16-13-27-26(19-44)42-34(45(27)2)35(46)43-25-10-5-9-23(31(25)38)20-7-4-8-22-21(20)11-12-28(22)50-30-17-29(49-3)24(33(40)32(30)39)18-41-37(36(47)48)14-6-15-37/h4-5,7-10,17,28,41H,6,11-16,18-19H2,1-3H3,(H,43,46)(H,47,48). The molecule has 3 aliphatic rings. The molecule has 13 heteroatoms. The molecule has 1 aromatic heterocycles. The third kappa shape index (κ3) is 6.00. The average molecular weight is 723 g/mol. The number of carboxylic acids is 1. The maximum absolute atomic E-state index is 15.7. The van der Waals surface area contributed by atoms with E-state index >= 15 is 4.39 Å². The minimum Gasteiger partial charge on any atom is -0.496 e. The number of hydrogen-bond donors (Lipinski definition) is 3. The Morgan fingerprint density at radius 2 is 1.84 bits per heavy atom. The molecule has 1 fully saturated rings. The third-order valence-corrected chi connectivity index (χ3v) is 11.1. The normalized spacial score (nSPS) is 17.8. The van der Waals surface area contributed by atoms with Crippen LogP contribution in [0.15, 0.2) is 42.5 Å². The molecule has 2 aliphatic carbocycles.